The average molecular weight is 489 g/mol. The number of carbonyl (C=O) groups is 2. The van der Waals surface area contributed by atoms with Crippen molar-refractivity contribution in [1.29, 1.82) is 0 Å². The number of allylic oxidation sites excluding steroid dienone is 3. The van der Waals surface area contributed by atoms with E-state index in [-0.39, 0.29) is 43.1 Å². The van der Waals surface area contributed by atoms with E-state index in [9.17, 15) is 29.8 Å². The van der Waals surface area contributed by atoms with Crippen molar-refractivity contribution in [3.8, 4) is 0 Å². The Bertz CT molecular complexity index is 1100. The Labute approximate surface area is 201 Å². The molecule has 1 aromatic rings. The van der Waals surface area contributed by atoms with Gasteiger partial charge in [-0.15, -0.1) is 10.1 Å². The van der Waals surface area contributed by atoms with Crippen LogP contribution < -0.4 is 5.32 Å². The molecule has 1 aromatic carbocycles. The Morgan fingerprint density at radius 1 is 1.03 bits per heavy atom. The number of benzene rings is 1. The normalized spacial score (nSPS) is 15.1. The highest BCUT2D eigenvalue weighted by Crippen LogP contribution is 2.40. The number of nitrogens with zero attached hydrogens (tertiary/aromatic N) is 2. The standard InChI is InChI=1S/C23H27N3O9/c1-14(2)9-12-34-23(28)20-16(4)24-15(3)19(22(27)33-10-6-11-35-26(31)32)21(20)17-7-5-8-18(13-17)25(29)30/h5,7-9,13,21,24H,6,10-12H2,1-4H3. The largest absolute Gasteiger partial charge is 0.462 e. The molecule has 12 nitrogen and oxygen atoms in total. The lowest BCUT2D eigenvalue weighted by Crippen LogP contribution is -2.32. The van der Waals surface area contributed by atoms with E-state index in [1.807, 2.05) is 13.8 Å². The second-order valence-electron chi connectivity index (χ2n) is 7.91. The topological polar surface area (TPSA) is 160 Å². The Morgan fingerprint density at radius 3 is 2.23 bits per heavy atom. The Kier molecular flexibility index (Phi) is 9.50. The van der Waals surface area contributed by atoms with Gasteiger partial charge in [0.15, 0.2) is 0 Å². The van der Waals surface area contributed by atoms with E-state index in [1.165, 1.54) is 18.2 Å². The van der Waals surface area contributed by atoms with Crippen LogP contribution in [0.15, 0.2) is 58.5 Å². The van der Waals surface area contributed by atoms with Crippen molar-refractivity contribution in [3.63, 3.8) is 0 Å². The van der Waals surface area contributed by atoms with Crippen molar-refractivity contribution in [2.45, 2.75) is 40.0 Å². The van der Waals surface area contributed by atoms with E-state index in [2.05, 4.69) is 10.2 Å². The lowest BCUT2D eigenvalue weighted by atomic mass is 9.80. The summed E-state index contributed by atoms with van der Waals surface area (Å²) >= 11 is 0. The first-order valence-corrected chi connectivity index (χ1v) is 10.7. The Hall–Kier alpha value is -4.22. The monoisotopic (exact) mass is 489 g/mol. The smallest absolute Gasteiger partial charge is 0.337 e. The van der Waals surface area contributed by atoms with E-state index in [1.54, 1.807) is 26.0 Å². The quantitative estimate of drug-likeness (QED) is 0.160. The summed E-state index contributed by atoms with van der Waals surface area (Å²) in [5, 5.41) is 23.7. The summed E-state index contributed by atoms with van der Waals surface area (Å²) in [5.41, 5.74) is 2.07. The number of carbonyl (C=O) groups excluding carboxylic acids is 2. The summed E-state index contributed by atoms with van der Waals surface area (Å²) in [5.74, 6) is -2.48. The molecule has 35 heavy (non-hydrogen) atoms. The summed E-state index contributed by atoms with van der Waals surface area (Å²) in [6, 6.07) is 5.63. The fraction of sp³-hybridized carbons (Fsp3) is 0.391. The van der Waals surface area contributed by atoms with Gasteiger partial charge in [0.25, 0.3) is 10.8 Å². The molecule has 0 saturated carbocycles. The van der Waals surface area contributed by atoms with Crippen LogP contribution in [0.4, 0.5) is 5.69 Å². The van der Waals surface area contributed by atoms with Gasteiger partial charge >= 0.3 is 11.9 Å². The molecular weight excluding hydrogens is 462 g/mol. The van der Waals surface area contributed by atoms with E-state index >= 15 is 0 Å². The number of nitro benzene ring substituents is 1. The van der Waals surface area contributed by atoms with Crippen LogP contribution >= 0.6 is 0 Å². The first-order valence-electron chi connectivity index (χ1n) is 10.7. The van der Waals surface area contributed by atoms with Crippen molar-refractivity contribution in [1.82, 2.24) is 5.32 Å². The number of ether oxygens (including phenoxy) is 2. The molecule has 1 unspecified atom stereocenters. The van der Waals surface area contributed by atoms with Gasteiger partial charge in [-0.1, -0.05) is 17.7 Å². The first kappa shape index (κ1) is 27.0. The summed E-state index contributed by atoms with van der Waals surface area (Å²) in [6.45, 7) is 6.54. The van der Waals surface area contributed by atoms with Crippen molar-refractivity contribution in [2.24, 2.45) is 0 Å². The molecular formula is C23H27N3O9. The van der Waals surface area contributed by atoms with E-state index in [4.69, 9.17) is 9.47 Å². The fourth-order valence-electron chi connectivity index (χ4n) is 3.49. The molecule has 1 heterocycles. The van der Waals surface area contributed by atoms with Crippen molar-refractivity contribution >= 4 is 17.6 Å². The zero-order chi connectivity index (χ0) is 26.1. The van der Waals surface area contributed by atoms with Gasteiger partial charge < -0.3 is 19.6 Å². The molecule has 12 heteroatoms. The number of esters is 2. The van der Waals surface area contributed by atoms with Crippen LogP contribution in [0.3, 0.4) is 0 Å². The van der Waals surface area contributed by atoms with Crippen LogP contribution in [-0.4, -0.2) is 41.8 Å². The number of hydrogen-bond acceptors (Lipinski definition) is 10. The summed E-state index contributed by atoms with van der Waals surface area (Å²) in [6.07, 6.45) is 1.79. The molecule has 0 amide bonds. The number of dihydropyridines is 1. The highest BCUT2D eigenvalue weighted by atomic mass is 16.9. The van der Waals surface area contributed by atoms with Gasteiger partial charge in [0.2, 0.25) is 0 Å². The summed E-state index contributed by atoms with van der Waals surface area (Å²) < 4.78 is 10.7. The predicted octanol–water partition coefficient (Wildman–Crippen LogP) is 3.48. The third-order valence-electron chi connectivity index (χ3n) is 5.04. The Morgan fingerprint density at radius 2 is 1.66 bits per heavy atom. The van der Waals surface area contributed by atoms with E-state index in [0.717, 1.165) is 5.57 Å². The second kappa shape index (κ2) is 12.3. The van der Waals surface area contributed by atoms with Crippen molar-refractivity contribution < 1.29 is 33.9 Å². The van der Waals surface area contributed by atoms with E-state index < -0.39 is 27.9 Å². The summed E-state index contributed by atoms with van der Waals surface area (Å²) in [7, 11) is 0. The minimum atomic E-state index is -1.00. The lowest BCUT2D eigenvalue weighted by Gasteiger charge is -2.30. The van der Waals surface area contributed by atoms with Crippen molar-refractivity contribution in [3.05, 3.63) is 84.2 Å². The molecule has 0 spiro atoms. The zero-order valence-electron chi connectivity index (χ0n) is 19.9. The number of nitro groups is 1. The zero-order valence-corrected chi connectivity index (χ0v) is 19.9. The van der Waals surface area contributed by atoms with Gasteiger partial charge in [-0.05, 0) is 39.3 Å². The molecule has 0 fully saturated rings. The van der Waals surface area contributed by atoms with Crippen LogP contribution in [0.25, 0.3) is 0 Å². The number of non-ortho nitro benzene ring substituents is 1. The van der Waals surface area contributed by atoms with Crippen LogP contribution in [-0.2, 0) is 23.9 Å². The number of rotatable bonds is 11. The van der Waals surface area contributed by atoms with Gasteiger partial charge in [-0.25, -0.2) is 9.59 Å². The van der Waals surface area contributed by atoms with Crippen LogP contribution in [0, 0.1) is 20.2 Å². The third-order valence-corrected chi connectivity index (χ3v) is 5.04. The molecule has 1 N–H and O–H groups in total. The van der Waals surface area contributed by atoms with Crippen molar-refractivity contribution in [2.75, 3.05) is 19.8 Å². The summed E-state index contributed by atoms with van der Waals surface area (Å²) in [4.78, 5) is 51.4. The fourth-order valence-corrected chi connectivity index (χ4v) is 3.49. The molecule has 0 aromatic heterocycles. The van der Waals surface area contributed by atoms with Gasteiger partial charge in [0.1, 0.15) is 6.61 Å². The highest BCUT2D eigenvalue weighted by Gasteiger charge is 2.38. The maximum atomic E-state index is 13.1. The minimum absolute atomic E-state index is 0.0124. The van der Waals surface area contributed by atoms with Gasteiger partial charge in [-0.3, -0.25) is 10.1 Å². The SMILES string of the molecule is CC(C)=CCOC(=O)C1=C(C)NC(C)=C(C(=O)OCCCO[N+](=O)[O-])C1c1cccc([N+](=O)[O-])c1. The average Bonchev–Trinajstić information content (AvgIpc) is 2.77. The van der Waals surface area contributed by atoms with Crippen LogP contribution in [0.2, 0.25) is 0 Å². The Balaban J connectivity index is 2.43. The molecule has 1 aliphatic heterocycles. The molecule has 2 rings (SSSR count). The molecule has 0 radical (unpaired) electrons. The first-order chi connectivity index (χ1) is 16.5. The maximum absolute atomic E-state index is 13.1. The van der Waals surface area contributed by atoms with E-state index in [0.29, 0.717) is 17.0 Å². The molecule has 1 atom stereocenters. The third kappa shape index (κ3) is 7.39. The molecule has 0 bridgehead atoms. The lowest BCUT2D eigenvalue weighted by molar-refractivity contribution is -0.757. The second-order valence-corrected chi connectivity index (χ2v) is 7.91. The van der Waals surface area contributed by atoms with Crippen LogP contribution in [0.5, 0.6) is 0 Å². The number of nitrogens with one attached hydrogen (secondary N) is 1. The predicted molar refractivity (Wildman–Crippen MR) is 123 cm³/mol. The molecule has 1 aliphatic rings. The number of hydrogen-bond donors (Lipinski definition) is 1. The van der Waals surface area contributed by atoms with Gasteiger partial charge in [0, 0.05) is 29.9 Å². The molecule has 188 valence electrons. The minimum Gasteiger partial charge on any atom is -0.462 e. The van der Waals surface area contributed by atoms with Gasteiger partial charge in [0.05, 0.1) is 35.2 Å². The maximum Gasteiger partial charge on any atom is 0.337 e. The molecule has 0 saturated heterocycles. The molecule has 0 aliphatic carbocycles. The van der Waals surface area contributed by atoms with Gasteiger partial charge in [-0.2, -0.15) is 0 Å². The van der Waals surface area contributed by atoms with Crippen LogP contribution in [0.1, 0.15) is 45.6 Å². The highest BCUT2D eigenvalue weighted by molar-refractivity contribution is 6.00.